The molecular weight excluding hydrogens is 207 g/mol. The summed E-state index contributed by atoms with van der Waals surface area (Å²) >= 11 is 1.57. The standard InChI is InChI=1S/C6H12O3S2.Na/c1-2-4-10-5-3-6-11(7,8)9;/h2H,1,3-6H2,(H,7,8,9);/q;+1/p-1. The monoisotopic (exact) mass is 218 g/mol. The van der Waals surface area contributed by atoms with E-state index in [2.05, 4.69) is 6.58 Å². The predicted octanol–water partition coefficient (Wildman–Crippen LogP) is -2.16. The molecule has 0 aromatic carbocycles. The molecule has 0 aliphatic rings. The molecule has 0 aromatic rings. The fourth-order valence-electron chi connectivity index (χ4n) is 0.504. The molecule has 0 saturated heterocycles. The average molecular weight is 218 g/mol. The quantitative estimate of drug-likeness (QED) is 0.221. The summed E-state index contributed by atoms with van der Waals surface area (Å²) in [6.45, 7) is 3.51. The summed E-state index contributed by atoms with van der Waals surface area (Å²) in [6.07, 6.45) is 2.18. The molecule has 0 rings (SSSR count). The van der Waals surface area contributed by atoms with Gasteiger partial charge in [0.1, 0.15) is 0 Å². The summed E-state index contributed by atoms with van der Waals surface area (Å²) in [5.74, 6) is 1.25. The predicted molar refractivity (Wildman–Crippen MR) is 46.7 cm³/mol. The van der Waals surface area contributed by atoms with Gasteiger partial charge in [-0.15, -0.1) is 6.58 Å². The van der Waals surface area contributed by atoms with E-state index in [1.807, 2.05) is 0 Å². The maximum absolute atomic E-state index is 10.1. The van der Waals surface area contributed by atoms with Gasteiger partial charge >= 0.3 is 29.6 Å². The third kappa shape index (κ3) is 13.6. The Balaban J connectivity index is 0. The molecule has 0 amide bonds. The zero-order valence-corrected chi connectivity index (χ0v) is 10.8. The molecule has 0 saturated carbocycles. The van der Waals surface area contributed by atoms with E-state index in [-0.39, 0.29) is 35.3 Å². The minimum atomic E-state index is -4.00. The Kier molecular flexibility index (Phi) is 11.1. The summed E-state index contributed by atoms with van der Waals surface area (Å²) in [7, 11) is -4.00. The Morgan fingerprint density at radius 1 is 1.50 bits per heavy atom. The average Bonchev–Trinajstić information content (AvgIpc) is 1.85. The summed E-state index contributed by atoms with van der Waals surface area (Å²) in [5, 5.41) is 0. The molecule has 0 aromatic heterocycles. The third-order valence-corrected chi connectivity index (χ3v) is 2.76. The Bertz CT molecular complexity index is 201. The molecule has 0 N–H and O–H groups in total. The second kappa shape index (κ2) is 8.59. The van der Waals surface area contributed by atoms with Crippen LogP contribution in [0.5, 0.6) is 0 Å². The Labute approximate surface area is 100 Å². The van der Waals surface area contributed by atoms with Crippen LogP contribution in [0.25, 0.3) is 0 Å². The van der Waals surface area contributed by atoms with Gasteiger partial charge in [0, 0.05) is 11.5 Å². The van der Waals surface area contributed by atoms with Crippen molar-refractivity contribution in [1.82, 2.24) is 0 Å². The molecule has 0 bridgehead atoms. The Morgan fingerprint density at radius 3 is 2.50 bits per heavy atom. The first-order chi connectivity index (χ1) is 5.06. The fraction of sp³-hybridized carbons (Fsp3) is 0.667. The SMILES string of the molecule is C=CCSCCCS(=O)(=O)[O-].[Na+]. The first kappa shape index (κ1) is 15.5. The first-order valence-electron chi connectivity index (χ1n) is 3.18. The molecule has 6 heteroatoms. The van der Waals surface area contributed by atoms with E-state index in [1.54, 1.807) is 17.8 Å². The van der Waals surface area contributed by atoms with Gasteiger partial charge in [0.25, 0.3) is 0 Å². The molecule has 0 unspecified atom stereocenters. The van der Waals surface area contributed by atoms with Gasteiger partial charge in [0.15, 0.2) is 0 Å². The van der Waals surface area contributed by atoms with Crippen molar-refractivity contribution in [3.05, 3.63) is 12.7 Å². The molecule has 0 aliphatic carbocycles. The van der Waals surface area contributed by atoms with Crippen molar-refractivity contribution < 1.29 is 42.5 Å². The van der Waals surface area contributed by atoms with Gasteiger partial charge in [-0.3, -0.25) is 0 Å². The van der Waals surface area contributed by atoms with Gasteiger partial charge in [-0.2, -0.15) is 11.8 Å². The minimum absolute atomic E-state index is 0. The van der Waals surface area contributed by atoms with Gasteiger partial charge in [-0.25, -0.2) is 8.42 Å². The normalized spacial score (nSPS) is 10.4. The summed E-state index contributed by atoms with van der Waals surface area (Å²) in [6, 6.07) is 0. The van der Waals surface area contributed by atoms with E-state index in [0.717, 1.165) is 5.75 Å². The van der Waals surface area contributed by atoms with Crippen molar-refractivity contribution in [2.75, 3.05) is 17.3 Å². The van der Waals surface area contributed by atoms with Crippen LogP contribution in [0.2, 0.25) is 0 Å². The molecule has 0 radical (unpaired) electrons. The van der Waals surface area contributed by atoms with Crippen LogP contribution in [0.3, 0.4) is 0 Å². The topological polar surface area (TPSA) is 57.2 Å². The van der Waals surface area contributed by atoms with Gasteiger partial charge in [0.05, 0.1) is 10.1 Å². The first-order valence-corrected chi connectivity index (χ1v) is 5.91. The molecule has 12 heavy (non-hydrogen) atoms. The van der Waals surface area contributed by atoms with E-state index in [9.17, 15) is 13.0 Å². The van der Waals surface area contributed by atoms with Crippen molar-refractivity contribution in [2.24, 2.45) is 0 Å². The van der Waals surface area contributed by atoms with Gasteiger partial charge < -0.3 is 4.55 Å². The van der Waals surface area contributed by atoms with Crippen molar-refractivity contribution >= 4 is 21.9 Å². The molecule has 0 heterocycles. The van der Waals surface area contributed by atoms with E-state index in [4.69, 9.17) is 0 Å². The molecular formula is C6H11NaO3S2. The molecule has 0 atom stereocenters. The number of thioether (sulfide) groups is 1. The van der Waals surface area contributed by atoms with Crippen molar-refractivity contribution in [1.29, 1.82) is 0 Å². The fourth-order valence-corrected chi connectivity index (χ4v) is 1.87. The van der Waals surface area contributed by atoms with Crippen molar-refractivity contribution in [3.8, 4) is 0 Å². The molecule has 3 nitrogen and oxygen atoms in total. The molecule has 0 aliphatic heterocycles. The van der Waals surface area contributed by atoms with Crippen LogP contribution in [-0.4, -0.2) is 30.2 Å². The van der Waals surface area contributed by atoms with Crippen LogP contribution in [0.4, 0.5) is 0 Å². The van der Waals surface area contributed by atoms with Crippen LogP contribution in [0, 0.1) is 0 Å². The maximum Gasteiger partial charge on any atom is 1.00 e. The molecule has 66 valence electrons. The van der Waals surface area contributed by atoms with E-state index >= 15 is 0 Å². The summed E-state index contributed by atoms with van der Waals surface area (Å²) in [5.41, 5.74) is 0. The maximum atomic E-state index is 10.1. The van der Waals surface area contributed by atoms with Gasteiger partial charge in [0.2, 0.25) is 0 Å². The van der Waals surface area contributed by atoms with Gasteiger partial charge in [-0.1, -0.05) is 6.08 Å². The Hall–Kier alpha value is 1.000. The van der Waals surface area contributed by atoms with Crippen LogP contribution in [0.1, 0.15) is 6.42 Å². The van der Waals surface area contributed by atoms with Crippen LogP contribution in [0.15, 0.2) is 12.7 Å². The number of hydrogen-bond acceptors (Lipinski definition) is 4. The van der Waals surface area contributed by atoms with Gasteiger partial charge in [-0.05, 0) is 12.2 Å². The summed E-state index contributed by atoms with van der Waals surface area (Å²) < 4.78 is 30.2. The number of rotatable bonds is 6. The van der Waals surface area contributed by atoms with E-state index < -0.39 is 10.1 Å². The van der Waals surface area contributed by atoms with Crippen LogP contribution in [-0.2, 0) is 10.1 Å². The second-order valence-corrected chi connectivity index (χ2v) is 4.65. The minimum Gasteiger partial charge on any atom is -0.748 e. The molecule has 0 fully saturated rings. The van der Waals surface area contributed by atoms with E-state index in [1.165, 1.54) is 0 Å². The zero-order chi connectivity index (χ0) is 8.74. The third-order valence-electron chi connectivity index (χ3n) is 0.919. The number of hydrogen-bond donors (Lipinski definition) is 0. The smallest absolute Gasteiger partial charge is 0.748 e. The Morgan fingerprint density at radius 2 is 2.08 bits per heavy atom. The zero-order valence-electron chi connectivity index (χ0n) is 7.15. The molecule has 0 spiro atoms. The second-order valence-electron chi connectivity index (χ2n) is 1.98. The van der Waals surface area contributed by atoms with Crippen molar-refractivity contribution in [3.63, 3.8) is 0 Å². The summed E-state index contributed by atoms with van der Waals surface area (Å²) in [4.78, 5) is 0. The van der Waals surface area contributed by atoms with Crippen LogP contribution >= 0.6 is 11.8 Å². The van der Waals surface area contributed by atoms with Crippen molar-refractivity contribution in [2.45, 2.75) is 6.42 Å². The largest absolute Gasteiger partial charge is 1.00 e. The van der Waals surface area contributed by atoms with E-state index in [0.29, 0.717) is 12.2 Å². The van der Waals surface area contributed by atoms with Crippen LogP contribution < -0.4 is 29.6 Å².